The predicted octanol–water partition coefficient (Wildman–Crippen LogP) is 0.794. The number of carbonyl (C=O) groups excluding carboxylic acids is 1. The summed E-state index contributed by atoms with van der Waals surface area (Å²) in [6.45, 7) is 1.60. The lowest BCUT2D eigenvalue weighted by atomic mass is 10.1. The van der Waals surface area contributed by atoms with Crippen molar-refractivity contribution in [1.82, 2.24) is 4.90 Å². The fraction of sp³-hybridized carbons (Fsp3) is 0.385. The van der Waals surface area contributed by atoms with Gasteiger partial charge in [0.05, 0.1) is 6.10 Å². The highest BCUT2D eigenvalue weighted by molar-refractivity contribution is 5.97. The molecule has 1 saturated heterocycles. The van der Waals surface area contributed by atoms with Crippen molar-refractivity contribution in [3.63, 3.8) is 0 Å². The van der Waals surface area contributed by atoms with Crippen LogP contribution in [0.3, 0.4) is 0 Å². The summed E-state index contributed by atoms with van der Waals surface area (Å²) in [5.74, 6) is -2.29. The number of benzene rings is 1. The van der Waals surface area contributed by atoms with Crippen molar-refractivity contribution in [2.24, 2.45) is 0 Å². The number of carboxylic acids is 1. The minimum Gasteiger partial charge on any atom is -0.480 e. The molecule has 5 nitrogen and oxygen atoms in total. The van der Waals surface area contributed by atoms with E-state index in [1.165, 1.54) is 12.1 Å². The van der Waals surface area contributed by atoms with Crippen LogP contribution >= 0.6 is 0 Å². The van der Waals surface area contributed by atoms with Crippen molar-refractivity contribution < 1.29 is 24.2 Å². The Bertz CT molecular complexity index is 511. The molecule has 0 aliphatic carbocycles. The first-order valence-electron chi connectivity index (χ1n) is 5.87. The highest BCUT2D eigenvalue weighted by Crippen LogP contribution is 2.21. The van der Waals surface area contributed by atoms with E-state index in [2.05, 4.69) is 0 Å². The van der Waals surface area contributed by atoms with Crippen molar-refractivity contribution in [3.8, 4) is 0 Å². The highest BCUT2D eigenvalue weighted by Gasteiger charge is 2.39. The van der Waals surface area contributed by atoms with Crippen LogP contribution in [0.2, 0.25) is 0 Å². The molecule has 1 aromatic rings. The normalized spacial score (nSPS) is 22.6. The third-order valence-electron chi connectivity index (χ3n) is 3.11. The maximum absolute atomic E-state index is 13.3. The van der Waals surface area contributed by atoms with Crippen LogP contribution in [0.25, 0.3) is 0 Å². The molecule has 2 rings (SSSR count). The van der Waals surface area contributed by atoms with Gasteiger partial charge in [-0.15, -0.1) is 0 Å². The van der Waals surface area contributed by atoms with E-state index >= 15 is 0 Å². The van der Waals surface area contributed by atoms with Crippen molar-refractivity contribution in [1.29, 1.82) is 0 Å². The summed E-state index contributed by atoms with van der Waals surface area (Å²) in [5, 5.41) is 18.5. The molecule has 0 radical (unpaired) electrons. The highest BCUT2D eigenvalue weighted by atomic mass is 19.1. The number of carboxylic acid groups (broad SMARTS) is 1. The fourth-order valence-electron chi connectivity index (χ4n) is 2.30. The van der Waals surface area contributed by atoms with Gasteiger partial charge in [0, 0.05) is 18.5 Å². The number of hydrogen-bond acceptors (Lipinski definition) is 3. The predicted molar refractivity (Wildman–Crippen MR) is 64.2 cm³/mol. The molecule has 0 spiro atoms. The zero-order valence-electron chi connectivity index (χ0n) is 10.3. The molecule has 0 unspecified atom stereocenters. The quantitative estimate of drug-likeness (QED) is 0.830. The number of amides is 1. The Morgan fingerprint density at radius 3 is 2.63 bits per heavy atom. The van der Waals surface area contributed by atoms with E-state index in [0.29, 0.717) is 5.56 Å². The van der Waals surface area contributed by atoms with E-state index < -0.39 is 29.8 Å². The number of aliphatic carboxylic acids is 1. The number of likely N-dealkylation sites (tertiary alicyclic amines) is 1. The summed E-state index contributed by atoms with van der Waals surface area (Å²) < 4.78 is 13.3. The van der Waals surface area contributed by atoms with Crippen molar-refractivity contribution in [2.45, 2.75) is 25.5 Å². The maximum atomic E-state index is 13.3. The molecule has 2 atom stereocenters. The molecule has 1 fully saturated rings. The minimum absolute atomic E-state index is 0.00459. The average Bonchev–Trinajstić information content (AvgIpc) is 2.69. The second-order valence-electron chi connectivity index (χ2n) is 4.72. The van der Waals surface area contributed by atoms with E-state index in [1.54, 1.807) is 6.92 Å². The van der Waals surface area contributed by atoms with Crippen molar-refractivity contribution in [3.05, 3.63) is 35.1 Å². The number of rotatable bonds is 2. The number of nitrogens with zero attached hydrogens (tertiary/aromatic N) is 1. The monoisotopic (exact) mass is 267 g/mol. The molecule has 1 aromatic carbocycles. The topological polar surface area (TPSA) is 77.8 Å². The lowest BCUT2D eigenvalue weighted by Crippen LogP contribution is -2.40. The summed E-state index contributed by atoms with van der Waals surface area (Å²) in [6.07, 6.45) is -0.866. The van der Waals surface area contributed by atoms with E-state index in [-0.39, 0.29) is 18.5 Å². The number of hydrogen-bond donors (Lipinski definition) is 2. The summed E-state index contributed by atoms with van der Waals surface area (Å²) in [5.41, 5.74) is 0.674. The van der Waals surface area contributed by atoms with Crippen LogP contribution in [0.1, 0.15) is 22.3 Å². The van der Waals surface area contributed by atoms with Crippen LogP contribution in [0.4, 0.5) is 4.39 Å². The SMILES string of the molecule is Cc1cc(F)cc(C(=O)N2C[C@@H](O)C[C@H]2C(=O)O)c1. The Labute approximate surface area is 109 Å². The third kappa shape index (κ3) is 2.73. The Kier molecular flexibility index (Phi) is 3.53. The van der Waals surface area contributed by atoms with Gasteiger partial charge < -0.3 is 15.1 Å². The van der Waals surface area contributed by atoms with E-state index in [9.17, 15) is 19.1 Å². The second-order valence-corrected chi connectivity index (χ2v) is 4.72. The molecular formula is C13H14FNO4. The lowest BCUT2D eigenvalue weighted by Gasteiger charge is -2.21. The number of aryl methyl sites for hydroxylation is 1. The molecule has 2 N–H and O–H groups in total. The molecule has 1 amide bonds. The molecule has 1 aliphatic rings. The average molecular weight is 267 g/mol. The van der Waals surface area contributed by atoms with Gasteiger partial charge in [-0.1, -0.05) is 0 Å². The molecule has 0 aromatic heterocycles. The van der Waals surface area contributed by atoms with Crippen LogP contribution in [0, 0.1) is 12.7 Å². The van der Waals surface area contributed by atoms with Gasteiger partial charge >= 0.3 is 5.97 Å². The minimum atomic E-state index is -1.17. The van der Waals surface area contributed by atoms with E-state index in [0.717, 1.165) is 11.0 Å². The molecular weight excluding hydrogens is 253 g/mol. The van der Waals surface area contributed by atoms with Gasteiger partial charge in [0.2, 0.25) is 0 Å². The first-order valence-corrected chi connectivity index (χ1v) is 5.87. The van der Waals surface area contributed by atoms with Gasteiger partial charge in [0.15, 0.2) is 0 Å². The summed E-state index contributed by atoms with van der Waals surface area (Å²) in [7, 11) is 0. The first kappa shape index (κ1) is 13.5. The van der Waals surface area contributed by atoms with Crippen LogP contribution < -0.4 is 0 Å². The Morgan fingerprint density at radius 2 is 2.05 bits per heavy atom. The first-order chi connectivity index (χ1) is 8.88. The zero-order valence-corrected chi connectivity index (χ0v) is 10.3. The van der Waals surface area contributed by atoms with Gasteiger partial charge in [-0.25, -0.2) is 9.18 Å². The Balaban J connectivity index is 2.30. The van der Waals surface area contributed by atoms with Crippen molar-refractivity contribution >= 4 is 11.9 Å². The van der Waals surface area contributed by atoms with E-state index in [1.807, 2.05) is 0 Å². The number of aliphatic hydroxyl groups is 1. The van der Waals surface area contributed by atoms with Crippen molar-refractivity contribution in [2.75, 3.05) is 6.54 Å². The Hall–Kier alpha value is -1.95. The molecule has 0 saturated carbocycles. The number of carbonyl (C=O) groups is 2. The molecule has 1 heterocycles. The van der Waals surface area contributed by atoms with Crippen LogP contribution in [-0.4, -0.2) is 45.7 Å². The van der Waals surface area contributed by atoms with Crippen LogP contribution in [0.15, 0.2) is 18.2 Å². The smallest absolute Gasteiger partial charge is 0.326 e. The standard InChI is InChI=1S/C13H14FNO4/c1-7-2-8(4-9(14)3-7)12(17)15-6-10(16)5-11(15)13(18)19/h2-4,10-11,16H,5-6H2,1H3,(H,18,19)/t10-,11-/m0/s1. The number of β-amino-alcohol motifs (C(OH)–C–C–N with tert-alkyl or cyclic N) is 1. The number of aliphatic hydroxyl groups excluding tert-OH is 1. The molecule has 0 bridgehead atoms. The van der Waals surface area contributed by atoms with Gasteiger partial charge in [-0.05, 0) is 30.7 Å². The summed E-state index contributed by atoms with van der Waals surface area (Å²) >= 11 is 0. The number of halogens is 1. The molecule has 102 valence electrons. The largest absolute Gasteiger partial charge is 0.480 e. The summed E-state index contributed by atoms with van der Waals surface area (Å²) in [4.78, 5) is 24.3. The van der Waals surface area contributed by atoms with E-state index in [4.69, 9.17) is 5.11 Å². The van der Waals surface area contributed by atoms with Gasteiger partial charge in [-0.3, -0.25) is 4.79 Å². The zero-order chi connectivity index (χ0) is 14.2. The Morgan fingerprint density at radius 1 is 1.37 bits per heavy atom. The maximum Gasteiger partial charge on any atom is 0.326 e. The summed E-state index contributed by atoms with van der Waals surface area (Å²) in [6, 6.07) is 2.78. The molecule has 19 heavy (non-hydrogen) atoms. The lowest BCUT2D eigenvalue weighted by molar-refractivity contribution is -0.141. The van der Waals surface area contributed by atoms with Gasteiger partial charge in [0.1, 0.15) is 11.9 Å². The third-order valence-corrected chi connectivity index (χ3v) is 3.11. The molecule has 6 heteroatoms. The molecule has 1 aliphatic heterocycles. The van der Waals surface area contributed by atoms with Gasteiger partial charge in [0.25, 0.3) is 5.91 Å². The van der Waals surface area contributed by atoms with Crippen LogP contribution in [0.5, 0.6) is 0 Å². The van der Waals surface area contributed by atoms with Crippen LogP contribution in [-0.2, 0) is 4.79 Å². The second kappa shape index (κ2) is 4.97. The van der Waals surface area contributed by atoms with Gasteiger partial charge in [-0.2, -0.15) is 0 Å². The fourth-order valence-corrected chi connectivity index (χ4v) is 2.30.